The van der Waals surface area contributed by atoms with Crippen LogP contribution in [0.4, 0.5) is 0 Å². The molecule has 2 aromatic rings. The van der Waals surface area contributed by atoms with Gasteiger partial charge in [-0.3, -0.25) is 0 Å². The number of benzene rings is 2. The van der Waals surface area contributed by atoms with Crippen molar-refractivity contribution in [2.24, 2.45) is 0 Å². The maximum atomic E-state index is 13.1. The van der Waals surface area contributed by atoms with E-state index in [0.717, 1.165) is 24.2 Å². The van der Waals surface area contributed by atoms with Crippen molar-refractivity contribution in [3.8, 4) is 0 Å². The molecule has 1 fully saturated rings. The number of aryl methyl sites for hydroxylation is 1. The SMILES string of the molecule is Cc1ccc(S(=O)(=O)N2CC[NH+](C)C[C@@H]2c2ccccc2)cc1. The van der Waals surface area contributed by atoms with E-state index in [1.807, 2.05) is 49.4 Å². The van der Waals surface area contributed by atoms with Gasteiger partial charge in [0, 0.05) is 0 Å². The molecule has 0 aliphatic carbocycles. The minimum atomic E-state index is -3.48. The molecule has 0 radical (unpaired) electrons. The van der Waals surface area contributed by atoms with Crippen LogP contribution in [0.3, 0.4) is 0 Å². The Labute approximate surface area is 138 Å². The summed E-state index contributed by atoms with van der Waals surface area (Å²) >= 11 is 0. The number of nitrogens with one attached hydrogen (secondary N) is 1. The van der Waals surface area contributed by atoms with Gasteiger partial charge < -0.3 is 4.90 Å². The maximum Gasteiger partial charge on any atom is 0.244 e. The molecule has 0 aromatic heterocycles. The third-order valence-corrected chi connectivity index (χ3v) is 6.38. The first kappa shape index (κ1) is 16.2. The van der Waals surface area contributed by atoms with Crippen LogP contribution in [0.1, 0.15) is 17.2 Å². The Morgan fingerprint density at radius 1 is 1.04 bits per heavy atom. The van der Waals surface area contributed by atoms with E-state index in [9.17, 15) is 8.42 Å². The predicted molar refractivity (Wildman–Crippen MR) is 90.9 cm³/mol. The van der Waals surface area contributed by atoms with Gasteiger partial charge in [-0.05, 0) is 24.6 Å². The lowest BCUT2D eigenvalue weighted by Gasteiger charge is -2.37. The van der Waals surface area contributed by atoms with Gasteiger partial charge in [-0.2, -0.15) is 4.31 Å². The van der Waals surface area contributed by atoms with Gasteiger partial charge in [0.1, 0.15) is 0 Å². The summed E-state index contributed by atoms with van der Waals surface area (Å²) in [6.45, 7) is 4.12. The lowest BCUT2D eigenvalue weighted by molar-refractivity contribution is -0.887. The summed E-state index contributed by atoms with van der Waals surface area (Å²) < 4.78 is 27.9. The summed E-state index contributed by atoms with van der Waals surface area (Å²) in [6, 6.07) is 16.9. The fraction of sp³-hybridized carbons (Fsp3) is 0.333. The summed E-state index contributed by atoms with van der Waals surface area (Å²) in [7, 11) is -1.36. The van der Waals surface area contributed by atoms with Gasteiger partial charge in [0.15, 0.2) is 0 Å². The van der Waals surface area contributed by atoms with Gasteiger partial charge in [-0.25, -0.2) is 8.42 Å². The van der Waals surface area contributed by atoms with Crippen LogP contribution in [-0.2, 0) is 10.0 Å². The fourth-order valence-electron chi connectivity index (χ4n) is 3.08. The number of sulfonamides is 1. The molecule has 2 atom stereocenters. The van der Waals surface area contributed by atoms with Crippen molar-refractivity contribution in [2.45, 2.75) is 17.9 Å². The van der Waals surface area contributed by atoms with Crippen molar-refractivity contribution in [1.29, 1.82) is 0 Å². The van der Waals surface area contributed by atoms with Crippen LogP contribution in [0.15, 0.2) is 59.5 Å². The molecule has 3 rings (SSSR count). The maximum absolute atomic E-state index is 13.1. The lowest BCUT2D eigenvalue weighted by Crippen LogP contribution is -3.12. The molecule has 1 aliphatic heterocycles. The van der Waals surface area contributed by atoms with Gasteiger partial charge >= 0.3 is 0 Å². The molecule has 0 amide bonds. The standard InChI is InChI=1S/C18H22N2O2S/c1-15-8-10-17(11-9-15)23(21,22)20-13-12-19(2)14-18(20)16-6-4-3-5-7-16/h3-11,18H,12-14H2,1-2H3/p+1/t18-/m1/s1. The van der Waals surface area contributed by atoms with Crippen LogP contribution < -0.4 is 4.90 Å². The number of quaternary nitrogens is 1. The van der Waals surface area contributed by atoms with Gasteiger partial charge in [0.2, 0.25) is 10.0 Å². The van der Waals surface area contributed by atoms with Gasteiger partial charge in [0.25, 0.3) is 0 Å². The third-order valence-electron chi connectivity index (χ3n) is 4.46. The molecule has 0 bridgehead atoms. The number of rotatable bonds is 3. The summed E-state index contributed by atoms with van der Waals surface area (Å²) in [5.41, 5.74) is 2.12. The first-order valence-electron chi connectivity index (χ1n) is 7.93. The normalized spacial score (nSPS) is 22.9. The molecule has 5 heteroatoms. The highest BCUT2D eigenvalue weighted by molar-refractivity contribution is 7.89. The molecule has 23 heavy (non-hydrogen) atoms. The second kappa shape index (κ2) is 6.43. The molecular formula is C18H23N2O2S+. The molecule has 0 saturated carbocycles. The number of hydrogen-bond acceptors (Lipinski definition) is 2. The minimum absolute atomic E-state index is 0.115. The molecule has 2 aromatic carbocycles. The van der Waals surface area contributed by atoms with E-state index >= 15 is 0 Å². The Morgan fingerprint density at radius 3 is 2.35 bits per heavy atom. The van der Waals surface area contributed by atoms with Crippen LogP contribution in [0.25, 0.3) is 0 Å². The summed E-state index contributed by atoms with van der Waals surface area (Å²) in [4.78, 5) is 1.73. The zero-order valence-corrected chi connectivity index (χ0v) is 14.4. The molecule has 4 nitrogen and oxygen atoms in total. The molecule has 1 unspecified atom stereocenters. The molecule has 1 N–H and O–H groups in total. The van der Waals surface area contributed by atoms with E-state index in [-0.39, 0.29) is 6.04 Å². The quantitative estimate of drug-likeness (QED) is 0.920. The van der Waals surface area contributed by atoms with E-state index in [1.54, 1.807) is 16.4 Å². The van der Waals surface area contributed by atoms with E-state index in [2.05, 4.69) is 7.05 Å². The zero-order valence-electron chi connectivity index (χ0n) is 13.6. The summed E-state index contributed by atoms with van der Waals surface area (Å²) in [6.07, 6.45) is 0. The van der Waals surface area contributed by atoms with E-state index in [1.165, 1.54) is 4.90 Å². The molecule has 122 valence electrons. The first-order chi connectivity index (χ1) is 11.0. The predicted octanol–water partition coefficient (Wildman–Crippen LogP) is 1.26. The number of piperazine rings is 1. The highest BCUT2D eigenvalue weighted by Crippen LogP contribution is 2.27. The zero-order chi connectivity index (χ0) is 16.4. The lowest BCUT2D eigenvalue weighted by atomic mass is 10.1. The Kier molecular flexibility index (Phi) is 4.53. The Hall–Kier alpha value is -1.69. The number of likely N-dealkylation sites (N-methyl/N-ethyl adjacent to an activating group) is 1. The van der Waals surface area contributed by atoms with Crippen molar-refractivity contribution >= 4 is 10.0 Å². The van der Waals surface area contributed by atoms with Crippen molar-refractivity contribution in [1.82, 2.24) is 4.31 Å². The van der Waals surface area contributed by atoms with Gasteiger partial charge in [-0.1, -0.05) is 48.0 Å². The van der Waals surface area contributed by atoms with Crippen molar-refractivity contribution in [3.63, 3.8) is 0 Å². The van der Waals surface area contributed by atoms with Crippen molar-refractivity contribution < 1.29 is 13.3 Å². The second-order valence-electron chi connectivity index (χ2n) is 6.27. The van der Waals surface area contributed by atoms with Crippen LogP contribution in [-0.4, -0.2) is 39.4 Å². The molecular weight excluding hydrogens is 308 g/mol. The van der Waals surface area contributed by atoms with Crippen LogP contribution in [0, 0.1) is 6.92 Å². The largest absolute Gasteiger partial charge is 0.335 e. The van der Waals surface area contributed by atoms with Crippen LogP contribution in [0.2, 0.25) is 0 Å². The van der Waals surface area contributed by atoms with Gasteiger partial charge in [-0.15, -0.1) is 0 Å². The Morgan fingerprint density at radius 2 is 1.70 bits per heavy atom. The fourth-order valence-corrected chi connectivity index (χ4v) is 4.70. The summed E-state index contributed by atoms with van der Waals surface area (Å²) in [5, 5.41) is 0. The minimum Gasteiger partial charge on any atom is -0.335 e. The van der Waals surface area contributed by atoms with Gasteiger partial charge in [0.05, 0.1) is 37.6 Å². The van der Waals surface area contributed by atoms with Crippen LogP contribution in [0.5, 0.6) is 0 Å². The molecule has 1 heterocycles. The summed E-state index contributed by atoms with van der Waals surface area (Å²) in [5.74, 6) is 0. The first-order valence-corrected chi connectivity index (χ1v) is 9.37. The monoisotopic (exact) mass is 331 g/mol. The smallest absolute Gasteiger partial charge is 0.244 e. The molecule has 0 spiro atoms. The molecule has 1 saturated heterocycles. The Balaban J connectivity index is 1.99. The van der Waals surface area contributed by atoms with E-state index in [0.29, 0.717) is 11.4 Å². The van der Waals surface area contributed by atoms with Crippen molar-refractivity contribution in [2.75, 3.05) is 26.7 Å². The third kappa shape index (κ3) is 3.32. The van der Waals surface area contributed by atoms with Crippen molar-refractivity contribution in [3.05, 3.63) is 65.7 Å². The second-order valence-corrected chi connectivity index (χ2v) is 8.16. The number of nitrogens with zero attached hydrogens (tertiary/aromatic N) is 1. The average Bonchev–Trinajstić information content (AvgIpc) is 2.56. The van der Waals surface area contributed by atoms with Crippen LogP contribution >= 0.6 is 0 Å². The Bertz CT molecular complexity index is 757. The average molecular weight is 331 g/mol. The van der Waals surface area contributed by atoms with E-state index < -0.39 is 10.0 Å². The highest BCUT2D eigenvalue weighted by atomic mass is 32.2. The number of hydrogen-bond donors (Lipinski definition) is 1. The topological polar surface area (TPSA) is 41.8 Å². The molecule has 1 aliphatic rings. The highest BCUT2D eigenvalue weighted by Gasteiger charge is 2.37. The van der Waals surface area contributed by atoms with E-state index in [4.69, 9.17) is 0 Å².